The van der Waals surface area contributed by atoms with E-state index in [1.54, 1.807) is 23.1 Å². The summed E-state index contributed by atoms with van der Waals surface area (Å²) < 4.78 is 5.20. The fraction of sp³-hybridized carbons (Fsp3) is 0.333. The van der Waals surface area contributed by atoms with Crippen LogP contribution in [0, 0.1) is 0 Å². The van der Waals surface area contributed by atoms with E-state index in [-0.39, 0.29) is 23.0 Å². The first kappa shape index (κ1) is 14.3. The number of carbonyl (C=O) groups excluding carboxylic acids is 2. The summed E-state index contributed by atoms with van der Waals surface area (Å²) in [5.41, 5.74) is 0.854. The van der Waals surface area contributed by atoms with Crippen molar-refractivity contribution in [1.29, 1.82) is 0 Å². The van der Waals surface area contributed by atoms with Crippen LogP contribution in [-0.2, 0) is 14.3 Å². The molecular weight excluding hydrogens is 258 g/mol. The first-order chi connectivity index (χ1) is 9.58. The van der Waals surface area contributed by atoms with E-state index in [2.05, 4.69) is 0 Å². The molecule has 0 bridgehead atoms. The van der Waals surface area contributed by atoms with Crippen molar-refractivity contribution in [2.24, 2.45) is 0 Å². The molecule has 5 heteroatoms. The van der Waals surface area contributed by atoms with Crippen LogP contribution in [0.15, 0.2) is 29.8 Å². The molecule has 0 saturated carbocycles. The van der Waals surface area contributed by atoms with Crippen LogP contribution in [0.4, 0.5) is 0 Å². The summed E-state index contributed by atoms with van der Waals surface area (Å²) in [6, 6.07) is 6.35. The molecule has 1 N–H and O–H groups in total. The van der Waals surface area contributed by atoms with E-state index in [1.165, 1.54) is 19.1 Å². The first-order valence-electron chi connectivity index (χ1n) is 6.46. The minimum atomic E-state index is -0.270. The zero-order valence-electron chi connectivity index (χ0n) is 11.3. The molecule has 106 valence electrons. The second-order valence-corrected chi connectivity index (χ2v) is 4.61. The van der Waals surface area contributed by atoms with Gasteiger partial charge in [-0.15, -0.1) is 0 Å². The summed E-state index contributed by atoms with van der Waals surface area (Å²) >= 11 is 0. The largest absolute Gasteiger partial charge is 0.508 e. The third-order valence-electron chi connectivity index (χ3n) is 3.11. The lowest BCUT2D eigenvalue weighted by molar-refractivity contribution is -0.132. The van der Waals surface area contributed by atoms with Crippen molar-refractivity contribution >= 4 is 17.8 Å². The number of ether oxygens (including phenoxy) is 1. The molecule has 0 aliphatic carbocycles. The fourth-order valence-electron chi connectivity index (χ4n) is 1.99. The monoisotopic (exact) mass is 275 g/mol. The van der Waals surface area contributed by atoms with Gasteiger partial charge in [0.15, 0.2) is 5.78 Å². The van der Waals surface area contributed by atoms with Crippen molar-refractivity contribution in [3.05, 3.63) is 35.4 Å². The highest BCUT2D eigenvalue weighted by atomic mass is 16.5. The third kappa shape index (κ3) is 3.45. The van der Waals surface area contributed by atoms with Gasteiger partial charge in [-0.05, 0) is 30.7 Å². The van der Waals surface area contributed by atoms with Crippen molar-refractivity contribution in [1.82, 2.24) is 4.90 Å². The van der Waals surface area contributed by atoms with Gasteiger partial charge in [0.2, 0.25) is 0 Å². The van der Waals surface area contributed by atoms with Crippen molar-refractivity contribution < 1.29 is 19.4 Å². The Morgan fingerprint density at radius 1 is 1.20 bits per heavy atom. The van der Waals surface area contributed by atoms with E-state index < -0.39 is 0 Å². The number of aromatic hydroxyl groups is 1. The molecule has 20 heavy (non-hydrogen) atoms. The van der Waals surface area contributed by atoms with E-state index >= 15 is 0 Å². The van der Waals surface area contributed by atoms with E-state index in [4.69, 9.17) is 4.74 Å². The highest BCUT2D eigenvalue weighted by Crippen LogP contribution is 2.15. The molecule has 1 aliphatic rings. The molecule has 0 aromatic heterocycles. The Bertz CT molecular complexity index is 527. The zero-order chi connectivity index (χ0) is 14.5. The maximum atomic E-state index is 12.3. The Hall–Kier alpha value is -2.14. The number of carbonyl (C=O) groups is 2. The minimum Gasteiger partial charge on any atom is -0.508 e. The van der Waals surface area contributed by atoms with Gasteiger partial charge in [0.05, 0.1) is 18.8 Å². The average Bonchev–Trinajstić information content (AvgIpc) is 2.46. The van der Waals surface area contributed by atoms with E-state index in [1.807, 2.05) is 0 Å². The molecular formula is C15H17NO4. The van der Waals surface area contributed by atoms with Gasteiger partial charge in [-0.3, -0.25) is 9.59 Å². The number of Topliss-reactive ketones (excluding diaryl/α,β-unsaturated/α-hetero) is 1. The number of ketones is 1. The predicted octanol–water partition coefficient (Wildman–Crippen LogP) is 1.22. The summed E-state index contributed by atoms with van der Waals surface area (Å²) in [5, 5.41) is 9.24. The lowest BCUT2D eigenvalue weighted by atomic mass is 10.1. The summed E-state index contributed by atoms with van der Waals surface area (Å²) in [4.78, 5) is 25.7. The number of benzene rings is 1. The quantitative estimate of drug-likeness (QED) is 0.512. The molecule has 0 spiro atoms. The molecule has 1 aliphatic heterocycles. The molecule has 2 rings (SSSR count). The van der Waals surface area contributed by atoms with Crippen molar-refractivity contribution in [3.8, 4) is 5.75 Å². The average molecular weight is 275 g/mol. The number of hydrogen-bond donors (Lipinski definition) is 1. The summed E-state index contributed by atoms with van der Waals surface area (Å²) in [7, 11) is 0. The minimum absolute atomic E-state index is 0.144. The highest BCUT2D eigenvalue weighted by molar-refractivity contribution is 6.21. The van der Waals surface area contributed by atoms with Crippen molar-refractivity contribution in [3.63, 3.8) is 0 Å². The Labute approximate surface area is 117 Å². The molecule has 1 fully saturated rings. The van der Waals surface area contributed by atoms with Gasteiger partial charge in [0.25, 0.3) is 5.91 Å². The molecule has 1 saturated heterocycles. The fourth-order valence-corrected chi connectivity index (χ4v) is 1.99. The topological polar surface area (TPSA) is 66.8 Å². The molecule has 5 nitrogen and oxygen atoms in total. The SMILES string of the molecule is CC(=O)C(=Cc1ccc(O)cc1)C(=O)N1CCOCC1. The smallest absolute Gasteiger partial charge is 0.257 e. The van der Waals surface area contributed by atoms with Gasteiger partial charge in [0.1, 0.15) is 5.75 Å². The van der Waals surface area contributed by atoms with Gasteiger partial charge in [-0.2, -0.15) is 0 Å². The summed E-state index contributed by atoms with van der Waals surface area (Å²) in [6.07, 6.45) is 1.56. The number of rotatable bonds is 3. The predicted molar refractivity (Wildman–Crippen MR) is 74.2 cm³/mol. The van der Waals surface area contributed by atoms with Gasteiger partial charge < -0.3 is 14.7 Å². The molecule has 0 atom stereocenters. The standard InChI is InChI=1S/C15H17NO4/c1-11(17)14(10-12-2-4-13(18)5-3-12)15(19)16-6-8-20-9-7-16/h2-5,10,18H,6-9H2,1H3. The van der Waals surface area contributed by atoms with Crippen LogP contribution in [0.2, 0.25) is 0 Å². The van der Waals surface area contributed by atoms with Crippen LogP contribution in [0.1, 0.15) is 12.5 Å². The summed E-state index contributed by atoms with van der Waals surface area (Å²) in [5.74, 6) is -0.394. The Kier molecular flexibility index (Phi) is 4.53. The normalized spacial score (nSPS) is 16.1. The molecule has 1 aromatic carbocycles. The second-order valence-electron chi connectivity index (χ2n) is 4.61. The Morgan fingerprint density at radius 3 is 2.35 bits per heavy atom. The molecule has 0 radical (unpaired) electrons. The maximum absolute atomic E-state index is 12.3. The van der Waals surface area contributed by atoms with Crippen LogP contribution in [-0.4, -0.2) is 48.0 Å². The van der Waals surface area contributed by atoms with Crippen LogP contribution in [0.5, 0.6) is 5.75 Å². The third-order valence-corrected chi connectivity index (χ3v) is 3.11. The van der Waals surface area contributed by atoms with Gasteiger partial charge in [-0.1, -0.05) is 12.1 Å². The number of phenols is 1. The number of amides is 1. The second kappa shape index (κ2) is 6.34. The van der Waals surface area contributed by atoms with E-state index in [0.29, 0.717) is 31.9 Å². The molecule has 1 amide bonds. The van der Waals surface area contributed by atoms with Crippen molar-refractivity contribution in [2.75, 3.05) is 26.3 Å². The highest BCUT2D eigenvalue weighted by Gasteiger charge is 2.23. The molecule has 1 heterocycles. The Balaban J connectivity index is 2.23. The maximum Gasteiger partial charge on any atom is 0.257 e. The molecule has 0 unspecified atom stereocenters. The lowest BCUT2D eigenvalue weighted by Gasteiger charge is -2.27. The number of hydrogen-bond acceptors (Lipinski definition) is 4. The lowest BCUT2D eigenvalue weighted by Crippen LogP contribution is -2.42. The van der Waals surface area contributed by atoms with Crippen LogP contribution >= 0.6 is 0 Å². The summed E-state index contributed by atoms with van der Waals surface area (Å²) in [6.45, 7) is 3.37. The number of morpholine rings is 1. The first-order valence-corrected chi connectivity index (χ1v) is 6.46. The van der Waals surface area contributed by atoms with Crippen molar-refractivity contribution in [2.45, 2.75) is 6.92 Å². The number of phenolic OH excluding ortho intramolecular Hbond substituents is 1. The Morgan fingerprint density at radius 2 is 1.80 bits per heavy atom. The van der Waals surface area contributed by atoms with Gasteiger partial charge in [-0.25, -0.2) is 0 Å². The van der Waals surface area contributed by atoms with Gasteiger partial charge in [0, 0.05) is 13.1 Å². The number of nitrogens with zero attached hydrogens (tertiary/aromatic N) is 1. The van der Waals surface area contributed by atoms with Gasteiger partial charge >= 0.3 is 0 Å². The molecule has 1 aromatic rings. The zero-order valence-corrected chi connectivity index (χ0v) is 11.3. The van der Waals surface area contributed by atoms with Crippen LogP contribution in [0.3, 0.4) is 0 Å². The van der Waals surface area contributed by atoms with Crippen LogP contribution < -0.4 is 0 Å². The van der Waals surface area contributed by atoms with E-state index in [9.17, 15) is 14.7 Å². The van der Waals surface area contributed by atoms with Crippen LogP contribution in [0.25, 0.3) is 6.08 Å². The van der Waals surface area contributed by atoms with E-state index in [0.717, 1.165) is 0 Å².